The van der Waals surface area contributed by atoms with Gasteiger partial charge in [0, 0.05) is 41.0 Å². The van der Waals surface area contributed by atoms with E-state index in [1.165, 1.54) is 12.0 Å². The van der Waals surface area contributed by atoms with Gasteiger partial charge in [-0.15, -0.1) is 17.8 Å². The van der Waals surface area contributed by atoms with Crippen molar-refractivity contribution in [3.05, 3.63) is 41.6 Å². The third-order valence-corrected chi connectivity index (χ3v) is 8.36. The number of fused-ring (bicyclic) bond motifs is 1. The Morgan fingerprint density at radius 2 is 1.89 bits per heavy atom. The summed E-state index contributed by atoms with van der Waals surface area (Å²) in [5.74, 6) is -0.0338. The number of H-pyrrole nitrogens is 1. The summed E-state index contributed by atoms with van der Waals surface area (Å²) in [6.07, 6.45) is 12.3. The van der Waals surface area contributed by atoms with Crippen LogP contribution in [0.4, 0.5) is 10.1 Å². The van der Waals surface area contributed by atoms with E-state index < -0.39 is 18.8 Å². The predicted octanol–water partition coefficient (Wildman–Crippen LogP) is 4.87. The van der Waals surface area contributed by atoms with Crippen LogP contribution < -0.4 is 11.1 Å². The molecule has 0 bridgehead atoms. The van der Waals surface area contributed by atoms with Crippen molar-refractivity contribution in [2.24, 2.45) is 17.6 Å². The van der Waals surface area contributed by atoms with Gasteiger partial charge in [0.1, 0.15) is 12.7 Å². The maximum Gasteiger partial charge on any atom is 0.251 e. The molecule has 0 unspecified atom stereocenters. The zero-order valence-corrected chi connectivity index (χ0v) is 21.7. The van der Waals surface area contributed by atoms with E-state index in [2.05, 4.69) is 16.5 Å². The number of halogens is 1. The molecule has 197 valence electrons. The standard InChI is InChI=1S/C28H36FN4O2.Co/c29-17-24(30)19-6-8-20(9-7-19)28(35)33-15-13-23(18-4-2-1-3-5-18)26(33)27(34)32-22-10-11-25-21(16-22)12-14-31-25;/h10-12,16,19-20,24,26,31H,1-9,13,15,17,30H2,(H,32,34);/q-1;/t19?,20?,24-,26+;/m1./s1. The molecule has 2 heterocycles. The minimum atomic E-state index is -0.546. The minimum Gasteiger partial charge on any atom is -0.477 e. The SMILES string of the molecule is N[C@H](CF)C1CCC(C(=O)N2CCC(=C3CCCCC3)[C@H]2C(=O)Nc2ccc3[nH][c-]cc3c2)CC1.[Co]. The number of likely N-dealkylation sites (tertiary alicyclic amines) is 1. The molecule has 4 N–H and O–H groups in total. The van der Waals surface area contributed by atoms with Crippen LogP contribution in [0.15, 0.2) is 35.4 Å². The van der Waals surface area contributed by atoms with Gasteiger partial charge in [-0.25, -0.2) is 4.39 Å². The molecule has 2 atom stereocenters. The van der Waals surface area contributed by atoms with Gasteiger partial charge in [-0.3, -0.25) is 9.59 Å². The zero-order valence-electron chi connectivity index (χ0n) is 20.7. The van der Waals surface area contributed by atoms with Gasteiger partial charge in [-0.2, -0.15) is 11.5 Å². The molecule has 2 aromatic rings. The number of carbonyl (C=O) groups excluding carboxylic acids is 2. The zero-order chi connectivity index (χ0) is 24.4. The number of nitrogens with two attached hydrogens (primary N) is 1. The van der Waals surface area contributed by atoms with Crippen molar-refractivity contribution in [2.45, 2.75) is 76.3 Å². The Bertz CT molecular complexity index is 1100. The Balaban J connectivity index is 0.00000304. The first-order chi connectivity index (χ1) is 17.0. The number of hydrogen-bond acceptors (Lipinski definition) is 3. The molecule has 6 nitrogen and oxygen atoms in total. The maximum absolute atomic E-state index is 13.7. The molecular weight excluding hydrogens is 502 g/mol. The number of benzene rings is 1. The molecule has 1 aliphatic heterocycles. The van der Waals surface area contributed by atoms with Crippen LogP contribution in [0.5, 0.6) is 0 Å². The third-order valence-electron chi connectivity index (χ3n) is 8.36. The van der Waals surface area contributed by atoms with E-state index in [9.17, 15) is 14.0 Å². The van der Waals surface area contributed by atoms with Gasteiger partial charge >= 0.3 is 0 Å². The average Bonchev–Trinajstić information content (AvgIpc) is 3.55. The van der Waals surface area contributed by atoms with E-state index in [-0.39, 0.29) is 40.4 Å². The van der Waals surface area contributed by atoms with Gasteiger partial charge in [-0.05, 0) is 69.3 Å². The molecule has 2 saturated carbocycles. The second kappa shape index (κ2) is 11.9. The van der Waals surface area contributed by atoms with Crippen LogP contribution in [0.2, 0.25) is 0 Å². The molecule has 1 saturated heterocycles. The van der Waals surface area contributed by atoms with E-state index in [0.717, 1.165) is 67.1 Å². The molecular formula is C28H36CoFN4O2-. The molecule has 2 aliphatic carbocycles. The predicted molar refractivity (Wildman–Crippen MR) is 135 cm³/mol. The van der Waals surface area contributed by atoms with Gasteiger partial charge in [-0.1, -0.05) is 24.1 Å². The third kappa shape index (κ3) is 5.55. The molecule has 3 aliphatic rings. The van der Waals surface area contributed by atoms with E-state index in [0.29, 0.717) is 19.4 Å². The largest absolute Gasteiger partial charge is 0.477 e. The summed E-state index contributed by atoms with van der Waals surface area (Å²) in [6, 6.07) is 6.62. The molecule has 1 aromatic carbocycles. The Kier molecular flexibility index (Phi) is 8.90. The normalized spacial score (nSPS) is 25.5. The molecule has 5 rings (SSSR count). The number of allylic oxidation sites excluding steroid dienone is 1. The quantitative estimate of drug-likeness (QED) is 0.375. The van der Waals surface area contributed by atoms with Crippen molar-refractivity contribution in [1.29, 1.82) is 0 Å². The van der Waals surface area contributed by atoms with Crippen LogP contribution in [-0.4, -0.2) is 47.0 Å². The molecule has 0 spiro atoms. The minimum absolute atomic E-state index is 0. The first-order valence-corrected chi connectivity index (χ1v) is 13.2. The summed E-state index contributed by atoms with van der Waals surface area (Å²) in [7, 11) is 0. The maximum atomic E-state index is 13.7. The number of anilines is 1. The summed E-state index contributed by atoms with van der Waals surface area (Å²) < 4.78 is 13.0. The van der Waals surface area contributed by atoms with Crippen molar-refractivity contribution in [3.8, 4) is 0 Å². The molecule has 36 heavy (non-hydrogen) atoms. The van der Waals surface area contributed by atoms with Crippen molar-refractivity contribution in [3.63, 3.8) is 0 Å². The number of aromatic amines is 1. The van der Waals surface area contributed by atoms with E-state index in [1.54, 1.807) is 0 Å². The Morgan fingerprint density at radius 3 is 2.61 bits per heavy atom. The van der Waals surface area contributed by atoms with Crippen LogP contribution in [-0.2, 0) is 26.4 Å². The summed E-state index contributed by atoms with van der Waals surface area (Å²) >= 11 is 0. The summed E-state index contributed by atoms with van der Waals surface area (Å²) in [5.41, 5.74) is 10.1. The van der Waals surface area contributed by atoms with Crippen molar-refractivity contribution < 1.29 is 30.8 Å². The molecule has 8 heteroatoms. The van der Waals surface area contributed by atoms with Gasteiger partial charge in [0.25, 0.3) is 5.91 Å². The topological polar surface area (TPSA) is 91.2 Å². The molecule has 1 radical (unpaired) electrons. The number of aromatic nitrogens is 1. The van der Waals surface area contributed by atoms with Crippen LogP contribution in [0.1, 0.15) is 64.2 Å². The number of alkyl halides is 1. The Hall–Kier alpha value is -2.16. The number of amides is 2. The summed E-state index contributed by atoms with van der Waals surface area (Å²) in [6.45, 7) is 0.0760. The van der Waals surface area contributed by atoms with Crippen molar-refractivity contribution in [1.82, 2.24) is 9.88 Å². The first-order valence-electron chi connectivity index (χ1n) is 13.2. The number of nitrogens with one attached hydrogen (secondary N) is 2. The second-order valence-electron chi connectivity index (χ2n) is 10.5. The number of hydrogen-bond donors (Lipinski definition) is 3. The molecule has 2 amide bonds. The summed E-state index contributed by atoms with van der Waals surface area (Å²) in [5, 5.41) is 4.08. The van der Waals surface area contributed by atoms with Crippen LogP contribution in [0, 0.1) is 18.0 Å². The van der Waals surface area contributed by atoms with Gasteiger partial charge in [0.05, 0.1) is 0 Å². The van der Waals surface area contributed by atoms with Crippen molar-refractivity contribution in [2.75, 3.05) is 18.5 Å². The average molecular weight is 539 g/mol. The molecule has 3 fully saturated rings. The van der Waals surface area contributed by atoms with Gasteiger partial charge < -0.3 is 20.9 Å². The summed E-state index contributed by atoms with van der Waals surface area (Å²) in [4.78, 5) is 32.3. The van der Waals surface area contributed by atoms with Crippen LogP contribution >= 0.6 is 0 Å². The first kappa shape index (κ1) is 26.9. The van der Waals surface area contributed by atoms with Crippen LogP contribution in [0.3, 0.4) is 0 Å². The Morgan fingerprint density at radius 1 is 1.14 bits per heavy atom. The van der Waals surface area contributed by atoms with Gasteiger partial charge in [0.15, 0.2) is 0 Å². The monoisotopic (exact) mass is 538 g/mol. The smallest absolute Gasteiger partial charge is 0.251 e. The van der Waals surface area contributed by atoms with E-state index >= 15 is 0 Å². The second-order valence-corrected chi connectivity index (χ2v) is 10.5. The number of carbonyl (C=O) groups is 2. The molecule has 1 aromatic heterocycles. The van der Waals surface area contributed by atoms with E-state index in [1.807, 2.05) is 29.2 Å². The van der Waals surface area contributed by atoms with E-state index in [4.69, 9.17) is 5.73 Å². The number of nitrogens with zero attached hydrogens (tertiary/aromatic N) is 1. The van der Waals surface area contributed by atoms with Gasteiger partial charge in [0.2, 0.25) is 5.91 Å². The fourth-order valence-electron chi connectivity index (χ4n) is 6.33. The van der Waals surface area contributed by atoms with Crippen LogP contribution in [0.25, 0.3) is 10.9 Å². The fraction of sp³-hybridized carbons (Fsp3) is 0.571. The number of rotatable bonds is 5. The Labute approximate surface area is 222 Å². The fourth-order valence-corrected chi connectivity index (χ4v) is 6.33. The van der Waals surface area contributed by atoms with Crippen molar-refractivity contribution >= 4 is 28.4 Å².